The van der Waals surface area contributed by atoms with Crippen LogP contribution in [0.15, 0.2) is 78.9 Å². The summed E-state index contributed by atoms with van der Waals surface area (Å²) in [4.78, 5) is 24.4. The van der Waals surface area contributed by atoms with Gasteiger partial charge < -0.3 is 4.74 Å². The number of nitrogens with one attached hydrogen (secondary N) is 2. The molecule has 5 nitrogen and oxygen atoms in total. The minimum absolute atomic E-state index is 0.342. The summed E-state index contributed by atoms with van der Waals surface area (Å²) in [5.74, 6) is -0.406. The van der Waals surface area contributed by atoms with Crippen LogP contribution in [0.1, 0.15) is 20.7 Å². The fraction of sp³-hybridized carbons (Fsp3) is 0.0476. The van der Waals surface area contributed by atoms with Crippen molar-refractivity contribution < 1.29 is 14.3 Å². The molecule has 0 aliphatic heterocycles. The molecule has 5 heteroatoms. The van der Waals surface area contributed by atoms with Gasteiger partial charge in [0.25, 0.3) is 11.8 Å². The zero-order valence-electron chi connectivity index (χ0n) is 14.2. The number of benzene rings is 3. The first-order chi connectivity index (χ1) is 12.7. The highest BCUT2D eigenvalue weighted by molar-refractivity contribution is 6.00. The molecule has 0 saturated carbocycles. The van der Waals surface area contributed by atoms with Crippen molar-refractivity contribution >= 4 is 11.8 Å². The predicted octanol–water partition coefficient (Wildman–Crippen LogP) is 3.44. The highest BCUT2D eigenvalue weighted by Crippen LogP contribution is 2.19. The van der Waals surface area contributed by atoms with E-state index >= 15 is 0 Å². The summed E-state index contributed by atoms with van der Waals surface area (Å²) in [6, 6.07) is 23.8. The van der Waals surface area contributed by atoms with Crippen LogP contribution in [0.2, 0.25) is 0 Å². The van der Waals surface area contributed by atoms with Crippen molar-refractivity contribution in [2.45, 2.75) is 0 Å². The molecule has 0 aliphatic carbocycles. The van der Waals surface area contributed by atoms with Gasteiger partial charge in [0, 0.05) is 5.56 Å². The maximum Gasteiger partial charge on any atom is 0.273 e. The molecule has 0 spiro atoms. The van der Waals surface area contributed by atoms with Crippen LogP contribution in [-0.2, 0) is 0 Å². The van der Waals surface area contributed by atoms with E-state index in [1.54, 1.807) is 36.4 Å². The normalized spacial score (nSPS) is 10.0. The molecular formula is C21H18N2O3. The number of hydrazine groups is 1. The molecular weight excluding hydrogens is 328 g/mol. The second-order valence-electron chi connectivity index (χ2n) is 5.55. The lowest BCUT2D eigenvalue weighted by molar-refractivity contribution is 0.0845. The Morgan fingerprint density at radius 3 is 1.96 bits per heavy atom. The van der Waals surface area contributed by atoms with Gasteiger partial charge in [-0.2, -0.15) is 0 Å². The molecule has 3 aromatic rings. The second kappa shape index (κ2) is 7.98. The number of carbonyl (C=O) groups excluding carboxylic acids is 2. The molecule has 0 fully saturated rings. The Kier molecular flexibility index (Phi) is 5.29. The van der Waals surface area contributed by atoms with Gasteiger partial charge in [-0.15, -0.1) is 0 Å². The van der Waals surface area contributed by atoms with E-state index in [1.807, 2.05) is 42.5 Å². The molecule has 3 aromatic carbocycles. The number of rotatable bonds is 4. The highest BCUT2D eigenvalue weighted by Gasteiger charge is 2.13. The van der Waals surface area contributed by atoms with Crippen molar-refractivity contribution in [2.24, 2.45) is 0 Å². The molecule has 0 radical (unpaired) electrons. The Morgan fingerprint density at radius 1 is 0.692 bits per heavy atom. The lowest BCUT2D eigenvalue weighted by Gasteiger charge is -2.10. The molecule has 0 bridgehead atoms. The molecule has 0 saturated heterocycles. The summed E-state index contributed by atoms with van der Waals surface area (Å²) in [5, 5.41) is 0. The zero-order chi connectivity index (χ0) is 18.4. The van der Waals surface area contributed by atoms with Crippen LogP contribution in [0.4, 0.5) is 0 Å². The van der Waals surface area contributed by atoms with Gasteiger partial charge in [-0.05, 0) is 35.4 Å². The third-order valence-corrected chi connectivity index (χ3v) is 3.90. The predicted molar refractivity (Wildman–Crippen MR) is 99.8 cm³/mol. The average Bonchev–Trinajstić information content (AvgIpc) is 2.72. The first-order valence-electron chi connectivity index (χ1n) is 8.08. The molecule has 3 rings (SSSR count). The summed E-state index contributed by atoms with van der Waals surface area (Å²) in [5.41, 5.74) is 7.69. The largest absolute Gasteiger partial charge is 0.496 e. The van der Waals surface area contributed by atoms with Crippen LogP contribution >= 0.6 is 0 Å². The van der Waals surface area contributed by atoms with Crippen molar-refractivity contribution in [3.8, 4) is 16.9 Å². The Labute approximate surface area is 151 Å². The van der Waals surface area contributed by atoms with Crippen LogP contribution in [0.3, 0.4) is 0 Å². The Bertz CT molecular complexity index is 906. The minimum Gasteiger partial charge on any atom is -0.496 e. The zero-order valence-corrected chi connectivity index (χ0v) is 14.2. The van der Waals surface area contributed by atoms with E-state index in [1.165, 1.54) is 7.11 Å². The van der Waals surface area contributed by atoms with E-state index in [0.29, 0.717) is 16.9 Å². The number of methoxy groups -OCH3 is 1. The molecule has 0 heterocycles. The second-order valence-corrected chi connectivity index (χ2v) is 5.55. The van der Waals surface area contributed by atoms with Crippen molar-refractivity contribution in [1.82, 2.24) is 10.9 Å². The third-order valence-electron chi connectivity index (χ3n) is 3.90. The van der Waals surface area contributed by atoms with Gasteiger partial charge in [0.1, 0.15) is 5.75 Å². The van der Waals surface area contributed by atoms with Crippen molar-refractivity contribution in [3.05, 3.63) is 90.0 Å². The quantitative estimate of drug-likeness (QED) is 0.711. The van der Waals surface area contributed by atoms with E-state index in [9.17, 15) is 9.59 Å². The maximum absolute atomic E-state index is 12.2. The number of hydrogen-bond acceptors (Lipinski definition) is 3. The summed E-state index contributed by atoms with van der Waals surface area (Å²) in [6.07, 6.45) is 0. The number of carbonyl (C=O) groups is 2. The Hall–Kier alpha value is -3.60. The molecule has 2 N–H and O–H groups in total. The van der Waals surface area contributed by atoms with Crippen molar-refractivity contribution in [3.63, 3.8) is 0 Å². The van der Waals surface area contributed by atoms with Crippen molar-refractivity contribution in [2.75, 3.05) is 7.11 Å². The van der Waals surface area contributed by atoms with Crippen LogP contribution in [-0.4, -0.2) is 18.9 Å². The maximum atomic E-state index is 12.2. The summed E-state index contributed by atoms with van der Waals surface area (Å²) in [7, 11) is 1.49. The van der Waals surface area contributed by atoms with Crippen LogP contribution < -0.4 is 15.6 Å². The first-order valence-corrected chi connectivity index (χ1v) is 8.08. The lowest BCUT2D eigenvalue weighted by atomic mass is 10.0. The fourth-order valence-electron chi connectivity index (χ4n) is 2.53. The van der Waals surface area contributed by atoms with E-state index in [-0.39, 0.29) is 0 Å². The Morgan fingerprint density at radius 2 is 1.27 bits per heavy atom. The van der Waals surface area contributed by atoms with E-state index < -0.39 is 11.8 Å². The van der Waals surface area contributed by atoms with Gasteiger partial charge in [-0.3, -0.25) is 20.4 Å². The van der Waals surface area contributed by atoms with E-state index in [4.69, 9.17) is 4.74 Å². The van der Waals surface area contributed by atoms with Crippen LogP contribution in [0.25, 0.3) is 11.1 Å². The minimum atomic E-state index is -0.447. The number of para-hydroxylation sites is 1. The van der Waals surface area contributed by atoms with Crippen LogP contribution in [0, 0.1) is 0 Å². The summed E-state index contributed by atoms with van der Waals surface area (Å²) < 4.78 is 5.14. The lowest BCUT2D eigenvalue weighted by Crippen LogP contribution is -2.41. The van der Waals surface area contributed by atoms with E-state index in [0.717, 1.165) is 11.1 Å². The first kappa shape index (κ1) is 17.2. The van der Waals surface area contributed by atoms with Crippen LogP contribution in [0.5, 0.6) is 5.75 Å². The SMILES string of the molecule is COc1ccccc1C(=O)NNC(=O)c1ccc(-c2ccccc2)cc1. The van der Waals surface area contributed by atoms with Gasteiger partial charge in [0.15, 0.2) is 0 Å². The Balaban J connectivity index is 1.64. The molecule has 0 atom stereocenters. The molecule has 130 valence electrons. The molecule has 0 aliphatic rings. The number of ether oxygens (including phenoxy) is 1. The van der Waals surface area contributed by atoms with Gasteiger partial charge in [0.05, 0.1) is 12.7 Å². The number of amides is 2. The standard InChI is InChI=1S/C21H18N2O3/c1-26-19-10-6-5-9-18(19)21(25)23-22-20(24)17-13-11-16(12-14-17)15-7-3-2-4-8-15/h2-14H,1H3,(H,22,24)(H,23,25). The monoisotopic (exact) mass is 346 g/mol. The molecule has 0 aromatic heterocycles. The highest BCUT2D eigenvalue weighted by atomic mass is 16.5. The smallest absolute Gasteiger partial charge is 0.273 e. The van der Waals surface area contributed by atoms with Gasteiger partial charge in [0.2, 0.25) is 0 Å². The molecule has 2 amide bonds. The number of hydrogen-bond donors (Lipinski definition) is 2. The topological polar surface area (TPSA) is 67.4 Å². The summed E-state index contributed by atoms with van der Waals surface area (Å²) in [6.45, 7) is 0. The van der Waals surface area contributed by atoms with Gasteiger partial charge in [-0.25, -0.2) is 0 Å². The molecule has 26 heavy (non-hydrogen) atoms. The molecule has 0 unspecified atom stereocenters. The van der Waals surface area contributed by atoms with Gasteiger partial charge in [-0.1, -0.05) is 54.6 Å². The van der Waals surface area contributed by atoms with Crippen molar-refractivity contribution in [1.29, 1.82) is 0 Å². The van der Waals surface area contributed by atoms with Gasteiger partial charge >= 0.3 is 0 Å². The fourth-order valence-corrected chi connectivity index (χ4v) is 2.53. The average molecular weight is 346 g/mol. The van der Waals surface area contributed by atoms with E-state index in [2.05, 4.69) is 10.9 Å². The third kappa shape index (κ3) is 3.89. The summed E-state index contributed by atoms with van der Waals surface area (Å²) >= 11 is 0.